The van der Waals surface area contributed by atoms with Crippen molar-refractivity contribution in [2.75, 3.05) is 11.4 Å². The number of benzene rings is 1. The van der Waals surface area contributed by atoms with E-state index in [4.69, 9.17) is 4.74 Å². The second kappa shape index (κ2) is 9.15. The lowest BCUT2D eigenvalue weighted by Crippen LogP contribution is -2.24. The number of anilines is 1. The zero-order valence-electron chi connectivity index (χ0n) is 16.9. The van der Waals surface area contributed by atoms with Gasteiger partial charge in [0.25, 0.3) is 0 Å². The Labute approximate surface area is 189 Å². The maximum Gasteiger partial charge on any atom is 0.414 e. The molecule has 3 aromatic heterocycles. The summed E-state index contributed by atoms with van der Waals surface area (Å²) in [6.45, 7) is 0.237. The van der Waals surface area contributed by atoms with Crippen LogP contribution in [0.4, 0.5) is 14.9 Å². The van der Waals surface area contributed by atoms with Crippen molar-refractivity contribution in [2.24, 2.45) is 0 Å². The first-order chi connectivity index (χ1) is 15.6. The van der Waals surface area contributed by atoms with Gasteiger partial charge in [0.2, 0.25) is 0 Å². The average molecular weight is 447 g/mol. The summed E-state index contributed by atoms with van der Waals surface area (Å²) in [5.41, 5.74) is 2.22. The summed E-state index contributed by atoms with van der Waals surface area (Å²) in [6.07, 6.45) is 7.76. The topological polar surface area (TPSA) is 89.7 Å². The zero-order chi connectivity index (χ0) is 22.1. The van der Waals surface area contributed by atoms with Crippen molar-refractivity contribution in [3.63, 3.8) is 0 Å². The number of fused-ring (bicyclic) bond motifs is 1. The number of nitrogens with zero attached hydrogens (tertiary/aromatic N) is 5. The van der Waals surface area contributed by atoms with Gasteiger partial charge in [0.1, 0.15) is 17.6 Å². The Morgan fingerprint density at radius 1 is 1.09 bits per heavy atom. The Kier molecular flexibility index (Phi) is 6.12. The van der Waals surface area contributed by atoms with E-state index >= 15 is 0 Å². The Balaban J connectivity index is 0.00000259. The highest BCUT2D eigenvalue weighted by atomic mass is 19.1. The highest BCUT2D eigenvalue weighted by molar-refractivity contribution is 5.93. The summed E-state index contributed by atoms with van der Waals surface area (Å²) in [5.74, 6) is -0.532. The summed E-state index contributed by atoms with van der Waals surface area (Å²) in [6, 6.07) is 9.87. The standard InChI is InChI=1S/C23H18FN5O3.CH4/c24-19-13-16(2-4-18(19)15-6-10-28-11-9-25-21(28)12-15)29-14-17(32-23(29)31)3-5-20(30)22-26-7-1-8-27-22;/h1-2,4,6-13,17H,3,5,14H2;1H4/t17-;/m0./s1. The number of hydrogen-bond acceptors (Lipinski definition) is 6. The normalized spacial score (nSPS) is 15.4. The number of pyridine rings is 1. The Hall–Kier alpha value is -4.14. The summed E-state index contributed by atoms with van der Waals surface area (Å²) in [7, 11) is 0. The molecule has 0 saturated carbocycles. The van der Waals surface area contributed by atoms with Gasteiger partial charge < -0.3 is 9.14 Å². The Morgan fingerprint density at radius 2 is 1.91 bits per heavy atom. The van der Waals surface area contributed by atoms with Gasteiger partial charge in [0.05, 0.1) is 12.2 Å². The predicted octanol–water partition coefficient (Wildman–Crippen LogP) is 4.55. The van der Waals surface area contributed by atoms with Gasteiger partial charge in [-0.3, -0.25) is 9.69 Å². The largest absolute Gasteiger partial charge is 0.444 e. The van der Waals surface area contributed by atoms with Crippen molar-refractivity contribution in [2.45, 2.75) is 26.4 Å². The first-order valence-electron chi connectivity index (χ1n) is 10.1. The molecule has 0 radical (unpaired) electrons. The van der Waals surface area contributed by atoms with Crippen LogP contribution < -0.4 is 4.90 Å². The third kappa shape index (κ3) is 4.43. The molecule has 0 aliphatic carbocycles. The molecule has 0 bridgehead atoms. The van der Waals surface area contributed by atoms with E-state index in [2.05, 4.69) is 15.0 Å². The smallest absolute Gasteiger partial charge is 0.414 e. The summed E-state index contributed by atoms with van der Waals surface area (Å²) in [5, 5.41) is 0. The lowest BCUT2D eigenvalue weighted by molar-refractivity contribution is 0.0930. The number of carbonyl (C=O) groups excluding carboxylic acids is 2. The number of amides is 1. The van der Waals surface area contributed by atoms with Crippen LogP contribution in [0.15, 0.2) is 67.4 Å². The fourth-order valence-corrected chi connectivity index (χ4v) is 3.71. The van der Waals surface area contributed by atoms with Crippen molar-refractivity contribution in [3.05, 3.63) is 79.0 Å². The van der Waals surface area contributed by atoms with Crippen molar-refractivity contribution in [1.29, 1.82) is 0 Å². The molecule has 168 valence electrons. The predicted molar refractivity (Wildman–Crippen MR) is 121 cm³/mol. The Bertz CT molecular complexity index is 1310. The molecule has 33 heavy (non-hydrogen) atoms. The molecule has 4 aromatic rings. The number of ketones is 1. The van der Waals surface area contributed by atoms with Crippen LogP contribution in [-0.2, 0) is 4.74 Å². The fourth-order valence-electron chi connectivity index (χ4n) is 3.71. The lowest BCUT2D eigenvalue weighted by Gasteiger charge is -2.14. The van der Waals surface area contributed by atoms with Gasteiger partial charge in [-0.25, -0.2) is 24.1 Å². The van der Waals surface area contributed by atoms with Crippen molar-refractivity contribution in [1.82, 2.24) is 19.4 Å². The summed E-state index contributed by atoms with van der Waals surface area (Å²) < 4.78 is 22.1. The van der Waals surface area contributed by atoms with E-state index in [1.54, 1.807) is 36.5 Å². The molecule has 0 unspecified atom stereocenters. The van der Waals surface area contributed by atoms with Crippen molar-refractivity contribution >= 4 is 23.2 Å². The number of cyclic esters (lactones) is 1. The number of halogens is 1. The zero-order valence-corrected chi connectivity index (χ0v) is 16.9. The maximum absolute atomic E-state index is 14.9. The number of aromatic nitrogens is 4. The highest BCUT2D eigenvalue weighted by Gasteiger charge is 2.33. The molecule has 1 aromatic carbocycles. The van der Waals surface area contributed by atoms with E-state index in [1.165, 1.54) is 23.4 Å². The minimum absolute atomic E-state index is 0. The molecule has 4 heterocycles. The number of ether oxygens (including phenoxy) is 1. The van der Waals surface area contributed by atoms with E-state index < -0.39 is 18.0 Å². The molecular weight excluding hydrogens is 425 g/mol. The van der Waals surface area contributed by atoms with Gasteiger partial charge in [-0.2, -0.15) is 0 Å². The molecule has 8 nitrogen and oxygen atoms in total. The van der Waals surface area contributed by atoms with Crippen LogP contribution in [0.5, 0.6) is 0 Å². The number of carbonyl (C=O) groups is 2. The molecule has 1 atom stereocenters. The SMILES string of the molecule is C.O=C(CC[C@H]1CN(c2ccc(-c3ccn4ccnc4c3)c(F)c2)C(=O)O1)c1ncccn1. The van der Waals surface area contributed by atoms with E-state index in [0.29, 0.717) is 28.9 Å². The number of Topliss-reactive ketones (excluding diaryl/α,β-unsaturated/α-hetero) is 1. The molecule has 0 spiro atoms. The van der Waals surface area contributed by atoms with Crippen molar-refractivity contribution < 1.29 is 18.7 Å². The van der Waals surface area contributed by atoms with Crippen LogP contribution in [0.3, 0.4) is 0 Å². The average Bonchev–Trinajstić information content (AvgIpc) is 3.43. The quantitative estimate of drug-likeness (QED) is 0.403. The maximum atomic E-state index is 14.9. The van der Waals surface area contributed by atoms with E-state index in [0.717, 1.165) is 0 Å². The molecule has 1 aliphatic rings. The number of rotatable bonds is 6. The third-order valence-corrected chi connectivity index (χ3v) is 5.36. The van der Waals surface area contributed by atoms with Gasteiger partial charge in [0.15, 0.2) is 11.6 Å². The molecule has 0 N–H and O–H groups in total. The first kappa shape index (κ1) is 22.1. The van der Waals surface area contributed by atoms with Crippen LogP contribution in [0, 0.1) is 5.82 Å². The lowest BCUT2D eigenvalue weighted by atomic mass is 10.1. The van der Waals surface area contributed by atoms with Crippen LogP contribution in [0.25, 0.3) is 16.8 Å². The molecule has 1 amide bonds. The van der Waals surface area contributed by atoms with Crippen LogP contribution in [0.2, 0.25) is 0 Å². The van der Waals surface area contributed by atoms with Gasteiger partial charge in [-0.15, -0.1) is 0 Å². The van der Waals surface area contributed by atoms with Gasteiger partial charge in [-0.1, -0.05) is 7.43 Å². The van der Waals surface area contributed by atoms with E-state index in [-0.39, 0.29) is 32.0 Å². The van der Waals surface area contributed by atoms with E-state index in [9.17, 15) is 14.0 Å². The van der Waals surface area contributed by atoms with Crippen LogP contribution >= 0.6 is 0 Å². The summed E-state index contributed by atoms with van der Waals surface area (Å²) >= 11 is 0. The minimum atomic E-state index is -0.565. The number of hydrogen-bond donors (Lipinski definition) is 0. The molecule has 1 fully saturated rings. The number of imidazole rings is 1. The molecule has 5 rings (SSSR count). The molecular formula is C24H22FN5O3. The molecule has 1 saturated heterocycles. The monoisotopic (exact) mass is 447 g/mol. The van der Waals surface area contributed by atoms with Gasteiger partial charge in [0, 0.05) is 43.0 Å². The van der Waals surface area contributed by atoms with Crippen LogP contribution in [-0.4, -0.2) is 43.9 Å². The van der Waals surface area contributed by atoms with Crippen molar-refractivity contribution in [3.8, 4) is 11.1 Å². The fraction of sp³-hybridized carbons (Fsp3) is 0.208. The molecule has 9 heteroatoms. The Morgan fingerprint density at radius 3 is 2.70 bits per heavy atom. The highest BCUT2D eigenvalue weighted by Crippen LogP contribution is 2.30. The van der Waals surface area contributed by atoms with E-state index in [1.807, 2.05) is 16.8 Å². The first-order valence-corrected chi connectivity index (χ1v) is 10.1. The minimum Gasteiger partial charge on any atom is -0.444 e. The van der Waals surface area contributed by atoms with Gasteiger partial charge in [-0.05, 0) is 48.4 Å². The third-order valence-electron chi connectivity index (χ3n) is 5.36. The second-order valence-corrected chi connectivity index (χ2v) is 7.42. The second-order valence-electron chi connectivity index (χ2n) is 7.42. The summed E-state index contributed by atoms with van der Waals surface area (Å²) in [4.78, 5) is 38.0. The van der Waals surface area contributed by atoms with Gasteiger partial charge >= 0.3 is 6.09 Å². The van der Waals surface area contributed by atoms with Crippen LogP contribution in [0.1, 0.15) is 30.9 Å². The molecule has 1 aliphatic heterocycles.